The first-order valence-corrected chi connectivity index (χ1v) is 6.28. The molecule has 1 unspecified atom stereocenters. The van der Waals surface area contributed by atoms with Crippen LogP contribution >= 0.6 is 0 Å². The Kier molecular flexibility index (Phi) is 4.02. The van der Waals surface area contributed by atoms with Crippen LogP contribution in [0.3, 0.4) is 0 Å². The van der Waals surface area contributed by atoms with Crippen molar-refractivity contribution in [2.75, 3.05) is 11.5 Å². The number of alkyl halides is 2. The molecule has 0 radical (unpaired) electrons. The molecule has 0 aliphatic rings. The number of halogens is 3. The van der Waals surface area contributed by atoms with Crippen molar-refractivity contribution >= 4 is 11.5 Å². The van der Waals surface area contributed by atoms with Crippen molar-refractivity contribution in [2.24, 2.45) is 0 Å². The summed E-state index contributed by atoms with van der Waals surface area (Å²) in [5.74, 6) is -1.09. The number of hydrogen-bond donors (Lipinski definition) is 2. The number of nitrogen functional groups attached to an aromatic ring is 2. The van der Waals surface area contributed by atoms with E-state index in [1.165, 1.54) is 12.1 Å². The lowest BCUT2D eigenvalue weighted by Gasteiger charge is -2.17. The average molecular weight is 296 g/mol. The van der Waals surface area contributed by atoms with E-state index < -0.39 is 23.7 Å². The van der Waals surface area contributed by atoms with Crippen LogP contribution in [0.15, 0.2) is 18.2 Å². The van der Waals surface area contributed by atoms with Crippen LogP contribution in [-0.2, 0) is 0 Å². The highest BCUT2D eigenvalue weighted by atomic mass is 19.3. The van der Waals surface area contributed by atoms with Crippen LogP contribution in [0, 0.1) is 12.7 Å². The third-order valence-electron chi connectivity index (χ3n) is 3.29. The van der Waals surface area contributed by atoms with Crippen molar-refractivity contribution in [1.82, 2.24) is 9.97 Å². The molecule has 1 atom stereocenters. The summed E-state index contributed by atoms with van der Waals surface area (Å²) >= 11 is 0. The van der Waals surface area contributed by atoms with E-state index in [0.717, 1.165) is 6.07 Å². The number of nitrogens with zero attached hydrogens (tertiary/aromatic N) is 2. The van der Waals surface area contributed by atoms with Gasteiger partial charge >= 0.3 is 0 Å². The van der Waals surface area contributed by atoms with E-state index in [2.05, 4.69) is 9.97 Å². The van der Waals surface area contributed by atoms with Crippen LogP contribution in [0.1, 0.15) is 41.9 Å². The lowest BCUT2D eigenvalue weighted by molar-refractivity contribution is 0.146. The molecule has 0 bridgehead atoms. The predicted octanol–water partition coefficient (Wildman–Crippen LogP) is 3.18. The molecule has 21 heavy (non-hydrogen) atoms. The Morgan fingerprint density at radius 2 is 1.71 bits per heavy atom. The van der Waals surface area contributed by atoms with Crippen molar-refractivity contribution in [3.63, 3.8) is 0 Å². The molecule has 1 aromatic heterocycles. The minimum atomic E-state index is -2.88. The Bertz CT molecular complexity index is 674. The normalized spacial score (nSPS) is 12.7. The number of nitrogens with two attached hydrogens (primary N) is 2. The molecular weight excluding hydrogens is 281 g/mol. The van der Waals surface area contributed by atoms with Crippen LogP contribution in [-0.4, -0.2) is 9.97 Å². The fourth-order valence-corrected chi connectivity index (χ4v) is 2.17. The van der Waals surface area contributed by atoms with E-state index in [9.17, 15) is 13.2 Å². The van der Waals surface area contributed by atoms with Crippen LogP contribution in [0.5, 0.6) is 0 Å². The molecule has 1 aromatic carbocycles. The fraction of sp³-hybridized carbons (Fsp3) is 0.286. The highest BCUT2D eigenvalue weighted by Gasteiger charge is 2.23. The van der Waals surface area contributed by atoms with Gasteiger partial charge in [-0.1, -0.05) is 25.1 Å². The van der Waals surface area contributed by atoms with Crippen LogP contribution in [0.4, 0.5) is 24.7 Å². The van der Waals surface area contributed by atoms with Crippen molar-refractivity contribution in [3.8, 4) is 0 Å². The Labute approximate surface area is 120 Å². The number of anilines is 2. The zero-order valence-electron chi connectivity index (χ0n) is 11.6. The standard InChI is InChI=1S/C14H15F3N4/c1-6(12-11(18)14(19)21-7(2)20-12)8-4-3-5-9(10(8)15)13(16)17/h3-6,13H,18H2,1-2H3,(H2,19,20,21). The van der Waals surface area contributed by atoms with Gasteiger partial charge in [-0.3, -0.25) is 0 Å². The van der Waals surface area contributed by atoms with E-state index in [0.29, 0.717) is 11.5 Å². The number of hydrogen-bond acceptors (Lipinski definition) is 4. The third-order valence-corrected chi connectivity index (χ3v) is 3.29. The zero-order chi connectivity index (χ0) is 15.7. The third kappa shape index (κ3) is 2.76. The maximum atomic E-state index is 14.2. The Morgan fingerprint density at radius 3 is 2.33 bits per heavy atom. The van der Waals surface area contributed by atoms with Crippen molar-refractivity contribution in [1.29, 1.82) is 0 Å². The summed E-state index contributed by atoms with van der Waals surface area (Å²) in [6.07, 6.45) is -2.88. The summed E-state index contributed by atoms with van der Waals surface area (Å²) in [4.78, 5) is 8.06. The SMILES string of the molecule is Cc1nc(N)c(N)c(C(C)c2cccc(C(F)F)c2F)n1. The van der Waals surface area contributed by atoms with Gasteiger partial charge in [-0.2, -0.15) is 0 Å². The van der Waals surface area contributed by atoms with Gasteiger partial charge in [-0.15, -0.1) is 0 Å². The van der Waals surface area contributed by atoms with Gasteiger partial charge in [0.15, 0.2) is 5.82 Å². The summed E-state index contributed by atoms with van der Waals surface area (Å²) < 4.78 is 39.7. The minimum absolute atomic E-state index is 0.0924. The first kappa shape index (κ1) is 15.1. The molecule has 0 saturated carbocycles. The van der Waals surface area contributed by atoms with Gasteiger partial charge in [0, 0.05) is 5.92 Å². The summed E-state index contributed by atoms with van der Waals surface area (Å²) in [6.45, 7) is 3.25. The molecule has 4 N–H and O–H groups in total. The van der Waals surface area contributed by atoms with E-state index in [1.54, 1.807) is 13.8 Å². The van der Waals surface area contributed by atoms with Crippen molar-refractivity contribution in [3.05, 3.63) is 46.7 Å². The molecule has 0 spiro atoms. The van der Waals surface area contributed by atoms with E-state index >= 15 is 0 Å². The topological polar surface area (TPSA) is 77.8 Å². The van der Waals surface area contributed by atoms with Gasteiger partial charge in [-0.25, -0.2) is 23.1 Å². The average Bonchev–Trinajstić information content (AvgIpc) is 2.42. The largest absolute Gasteiger partial charge is 0.394 e. The molecule has 112 valence electrons. The summed E-state index contributed by atoms with van der Waals surface area (Å²) in [5.41, 5.74) is 11.4. The monoisotopic (exact) mass is 296 g/mol. The van der Waals surface area contributed by atoms with Crippen molar-refractivity contribution in [2.45, 2.75) is 26.2 Å². The summed E-state index contributed by atoms with van der Waals surface area (Å²) in [7, 11) is 0. The molecule has 4 nitrogen and oxygen atoms in total. The Balaban J connectivity index is 2.55. The molecular formula is C14H15F3N4. The molecule has 0 fully saturated rings. The molecule has 0 amide bonds. The van der Waals surface area contributed by atoms with Gasteiger partial charge < -0.3 is 11.5 Å². The molecule has 0 saturated heterocycles. The minimum Gasteiger partial charge on any atom is -0.394 e. The first-order valence-electron chi connectivity index (χ1n) is 6.28. The van der Waals surface area contributed by atoms with E-state index in [1.807, 2.05) is 0 Å². The molecule has 0 aliphatic carbocycles. The Morgan fingerprint density at radius 1 is 1.10 bits per heavy atom. The van der Waals surface area contributed by atoms with Gasteiger partial charge in [-0.05, 0) is 12.5 Å². The lowest BCUT2D eigenvalue weighted by Crippen LogP contribution is -2.12. The molecule has 2 rings (SSSR count). The number of aromatic nitrogens is 2. The predicted molar refractivity (Wildman–Crippen MR) is 74.5 cm³/mol. The fourth-order valence-electron chi connectivity index (χ4n) is 2.17. The Hall–Kier alpha value is -2.31. The van der Waals surface area contributed by atoms with Gasteiger partial charge in [0.1, 0.15) is 11.6 Å². The highest BCUT2D eigenvalue weighted by molar-refractivity contribution is 5.63. The molecule has 7 heteroatoms. The quantitative estimate of drug-likeness (QED) is 0.912. The molecule has 2 aromatic rings. The van der Waals surface area contributed by atoms with Gasteiger partial charge in [0.05, 0.1) is 16.9 Å². The second kappa shape index (κ2) is 5.59. The van der Waals surface area contributed by atoms with Gasteiger partial charge in [0.25, 0.3) is 6.43 Å². The van der Waals surface area contributed by atoms with Crippen LogP contribution in [0.25, 0.3) is 0 Å². The van der Waals surface area contributed by atoms with E-state index in [-0.39, 0.29) is 17.1 Å². The second-order valence-corrected chi connectivity index (χ2v) is 4.73. The smallest absolute Gasteiger partial charge is 0.266 e. The zero-order valence-corrected chi connectivity index (χ0v) is 11.6. The lowest BCUT2D eigenvalue weighted by atomic mass is 9.94. The van der Waals surface area contributed by atoms with E-state index in [4.69, 9.17) is 11.5 Å². The summed E-state index contributed by atoms with van der Waals surface area (Å²) in [6, 6.07) is 3.86. The van der Waals surface area contributed by atoms with Crippen LogP contribution < -0.4 is 11.5 Å². The maximum absolute atomic E-state index is 14.2. The first-order chi connectivity index (χ1) is 9.82. The number of aryl methyl sites for hydroxylation is 1. The molecule has 0 aliphatic heterocycles. The second-order valence-electron chi connectivity index (χ2n) is 4.73. The summed E-state index contributed by atoms with van der Waals surface area (Å²) in [5, 5.41) is 0. The number of rotatable bonds is 3. The highest BCUT2D eigenvalue weighted by Crippen LogP contribution is 2.33. The molecule has 1 heterocycles. The van der Waals surface area contributed by atoms with Crippen molar-refractivity contribution < 1.29 is 13.2 Å². The van der Waals surface area contributed by atoms with Gasteiger partial charge in [0.2, 0.25) is 0 Å². The van der Waals surface area contributed by atoms with Crippen LogP contribution in [0.2, 0.25) is 0 Å². The maximum Gasteiger partial charge on any atom is 0.266 e. The number of benzene rings is 1.